The highest BCUT2D eigenvalue weighted by molar-refractivity contribution is 9.10. The number of hydrogen-bond acceptors (Lipinski definition) is 1. The lowest BCUT2D eigenvalue weighted by Crippen LogP contribution is -2.21. The van der Waals surface area contributed by atoms with Crippen molar-refractivity contribution in [1.82, 2.24) is 0 Å². The summed E-state index contributed by atoms with van der Waals surface area (Å²) in [4.78, 5) is 11.5. The quantitative estimate of drug-likeness (QED) is 0.903. The fourth-order valence-electron chi connectivity index (χ4n) is 1.81. The van der Waals surface area contributed by atoms with E-state index in [1.807, 2.05) is 0 Å². The fraction of sp³-hybridized carbons (Fsp3) is 0.417. The van der Waals surface area contributed by atoms with Crippen LogP contribution in [0, 0.1) is 17.6 Å². The third kappa shape index (κ3) is 3.03. The van der Waals surface area contributed by atoms with Crippen molar-refractivity contribution in [2.75, 3.05) is 5.32 Å². The molecule has 1 saturated carbocycles. The molecule has 0 saturated heterocycles. The molecular formula is C12H12BrF2NO. The summed E-state index contributed by atoms with van der Waals surface area (Å²) in [5.74, 6) is -1.48. The first-order valence-electron chi connectivity index (χ1n) is 5.50. The number of carbonyl (C=O) groups is 1. The Morgan fingerprint density at radius 3 is 2.41 bits per heavy atom. The summed E-state index contributed by atoms with van der Waals surface area (Å²) in [5, 5.41) is 2.30. The SMILES string of the molecule is O=C(CC1CCC1)Nc1c(F)cc(Br)cc1F. The molecule has 5 heteroatoms. The zero-order valence-electron chi connectivity index (χ0n) is 9.10. The number of amides is 1. The Hall–Kier alpha value is -0.970. The molecular weight excluding hydrogens is 292 g/mol. The van der Waals surface area contributed by atoms with Crippen LogP contribution in [-0.4, -0.2) is 5.91 Å². The number of hydrogen-bond donors (Lipinski definition) is 1. The number of rotatable bonds is 3. The van der Waals surface area contributed by atoms with Crippen LogP contribution >= 0.6 is 15.9 Å². The molecule has 1 aromatic carbocycles. The van der Waals surface area contributed by atoms with Crippen LogP contribution in [0.4, 0.5) is 14.5 Å². The van der Waals surface area contributed by atoms with Gasteiger partial charge in [0.1, 0.15) is 5.69 Å². The summed E-state index contributed by atoms with van der Waals surface area (Å²) in [5.41, 5.74) is -0.363. The molecule has 1 aliphatic carbocycles. The minimum atomic E-state index is -0.765. The fourth-order valence-corrected chi connectivity index (χ4v) is 2.21. The third-order valence-electron chi connectivity index (χ3n) is 2.97. The molecule has 1 N–H and O–H groups in total. The van der Waals surface area contributed by atoms with Gasteiger partial charge >= 0.3 is 0 Å². The van der Waals surface area contributed by atoms with Crippen molar-refractivity contribution in [3.63, 3.8) is 0 Å². The van der Waals surface area contributed by atoms with Crippen molar-refractivity contribution < 1.29 is 13.6 Å². The van der Waals surface area contributed by atoms with E-state index in [4.69, 9.17) is 0 Å². The first kappa shape index (κ1) is 12.5. The average molecular weight is 304 g/mol. The van der Waals surface area contributed by atoms with Gasteiger partial charge in [-0.1, -0.05) is 22.4 Å². The van der Waals surface area contributed by atoms with Gasteiger partial charge in [-0.15, -0.1) is 0 Å². The van der Waals surface area contributed by atoms with Gasteiger partial charge in [-0.25, -0.2) is 8.78 Å². The third-order valence-corrected chi connectivity index (χ3v) is 3.43. The van der Waals surface area contributed by atoms with E-state index in [9.17, 15) is 13.6 Å². The molecule has 0 aliphatic heterocycles. The minimum absolute atomic E-state index is 0.310. The topological polar surface area (TPSA) is 29.1 Å². The van der Waals surface area contributed by atoms with Crippen molar-refractivity contribution in [3.05, 3.63) is 28.2 Å². The van der Waals surface area contributed by atoms with Gasteiger partial charge in [-0.3, -0.25) is 4.79 Å². The summed E-state index contributed by atoms with van der Waals surface area (Å²) in [7, 11) is 0. The second kappa shape index (κ2) is 5.12. The molecule has 1 aromatic rings. The van der Waals surface area contributed by atoms with Crippen LogP contribution in [0.2, 0.25) is 0 Å². The van der Waals surface area contributed by atoms with Crippen molar-refractivity contribution in [2.24, 2.45) is 5.92 Å². The van der Waals surface area contributed by atoms with Crippen LogP contribution in [0.15, 0.2) is 16.6 Å². The molecule has 92 valence electrons. The Bertz CT molecular complexity index is 423. The molecule has 0 atom stereocenters. The number of nitrogens with one attached hydrogen (secondary N) is 1. The number of benzene rings is 1. The summed E-state index contributed by atoms with van der Waals surface area (Å²) >= 11 is 2.98. The van der Waals surface area contributed by atoms with Crippen LogP contribution in [0.25, 0.3) is 0 Å². The summed E-state index contributed by atoms with van der Waals surface area (Å²) < 4.78 is 27.2. The summed E-state index contributed by atoms with van der Waals surface area (Å²) in [6.07, 6.45) is 3.53. The molecule has 1 amide bonds. The van der Waals surface area contributed by atoms with Gasteiger partial charge < -0.3 is 5.32 Å². The highest BCUT2D eigenvalue weighted by atomic mass is 79.9. The van der Waals surface area contributed by atoms with Crippen molar-refractivity contribution in [2.45, 2.75) is 25.7 Å². The van der Waals surface area contributed by atoms with E-state index in [2.05, 4.69) is 21.2 Å². The van der Waals surface area contributed by atoms with E-state index < -0.39 is 11.6 Å². The van der Waals surface area contributed by atoms with Crippen LogP contribution in [0.3, 0.4) is 0 Å². The van der Waals surface area contributed by atoms with Crippen molar-refractivity contribution in [1.29, 1.82) is 0 Å². The highest BCUT2D eigenvalue weighted by Gasteiger charge is 2.22. The summed E-state index contributed by atoms with van der Waals surface area (Å²) in [6.45, 7) is 0. The number of anilines is 1. The van der Waals surface area contributed by atoms with E-state index in [1.165, 1.54) is 0 Å². The molecule has 0 heterocycles. The normalized spacial score (nSPS) is 15.5. The number of halogens is 3. The van der Waals surface area contributed by atoms with Crippen LogP contribution in [0.1, 0.15) is 25.7 Å². The van der Waals surface area contributed by atoms with Gasteiger partial charge in [-0.2, -0.15) is 0 Å². The van der Waals surface area contributed by atoms with E-state index in [-0.39, 0.29) is 11.6 Å². The maximum absolute atomic E-state index is 13.4. The Balaban J connectivity index is 2.04. The van der Waals surface area contributed by atoms with Crippen molar-refractivity contribution in [3.8, 4) is 0 Å². The average Bonchev–Trinajstić information content (AvgIpc) is 2.17. The molecule has 0 unspecified atom stereocenters. The maximum Gasteiger partial charge on any atom is 0.224 e. The molecule has 2 rings (SSSR count). The Morgan fingerprint density at radius 1 is 1.35 bits per heavy atom. The zero-order valence-corrected chi connectivity index (χ0v) is 10.7. The monoisotopic (exact) mass is 303 g/mol. The first-order valence-corrected chi connectivity index (χ1v) is 6.30. The minimum Gasteiger partial charge on any atom is -0.321 e. The smallest absolute Gasteiger partial charge is 0.224 e. The lowest BCUT2D eigenvalue weighted by molar-refractivity contribution is -0.117. The molecule has 0 spiro atoms. The van der Waals surface area contributed by atoms with Crippen LogP contribution < -0.4 is 5.32 Å². The Kier molecular flexibility index (Phi) is 3.76. The van der Waals surface area contributed by atoms with Crippen LogP contribution in [0.5, 0.6) is 0 Å². The molecule has 17 heavy (non-hydrogen) atoms. The predicted octanol–water partition coefficient (Wildman–Crippen LogP) is 3.86. The van der Waals surface area contributed by atoms with Gasteiger partial charge in [-0.05, 0) is 30.9 Å². The maximum atomic E-state index is 13.4. The largest absolute Gasteiger partial charge is 0.321 e. The number of carbonyl (C=O) groups excluding carboxylic acids is 1. The second-order valence-electron chi connectivity index (χ2n) is 4.29. The Morgan fingerprint density at radius 2 is 1.94 bits per heavy atom. The Labute approximate surface area is 107 Å². The molecule has 0 aromatic heterocycles. The summed E-state index contributed by atoms with van der Waals surface area (Å²) in [6, 6.07) is 2.25. The highest BCUT2D eigenvalue weighted by Crippen LogP contribution is 2.30. The molecule has 1 aliphatic rings. The second-order valence-corrected chi connectivity index (χ2v) is 5.21. The van der Waals surface area contributed by atoms with Gasteiger partial charge in [0.05, 0.1) is 0 Å². The van der Waals surface area contributed by atoms with Gasteiger partial charge in [0.2, 0.25) is 5.91 Å². The standard InChI is InChI=1S/C12H12BrF2NO/c13-8-5-9(14)12(10(15)6-8)16-11(17)4-7-2-1-3-7/h5-7H,1-4H2,(H,16,17). The molecule has 0 bridgehead atoms. The van der Waals surface area contributed by atoms with E-state index in [0.717, 1.165) is 31.4 Å². The van der Waals surface area contributed by atoms with E-state index in [1.54, 1.807) is 0 Å². The molecule has 1 fully saturated rings. The lowest BCUT2D eigenvalue weighted by Gasteiger charge is -2.24. The van der Waals surface area contributed by atoms with E-state index >= 15 is 0 Å². The van der Waals surface area contributed by atoms with E-state index in [0.29, 0.717) is 16.8 Å². The molecule has 0 radical (unpaired) electrons. The van der Waals surface area contributed by atoms with Crippen LogP contribution in [-0.2, 0) is 4.79 Å². The first-order chi connectivity index (χ1) is 8.06. The van der Waals surface area contributed by atoms with Gasteiger partial charge in [0.25, 0.3) is 0 Å². The predicted molar refractivity (Wildman–Crippen MR) is 64.6 cm³/mol. The lowest BCUT2D eigenvalue weighted by atomic mass is 9.83. The van der Waals surface area contributed by atoms with Crippen molar-refractivity contribution >= 4 is 27.5 Å². The van der Waals surface area contributed by atoms with Gasteiger partial charge in [0, 0.05) is 10.9 Å². The molecule has 2 nitrogen and oxygen atoms in total. The zero-order chi connectivity index (χ0) is 12.4. The van der Waals surface area contributed by atoms with Gasteiger partial charge in [0.15, 0.2) is 11.6 Å².